The Labute approximate surface area is 131 Å². The summed E-state index contributed by atoms with van der Waals surface area (Å²) in [6.45, 7) is 1.30. The minimum absolute atomic E-state index is 0.0424. The molecule has 0 bridgehead atoms. The summed E-state index contributed by atoms with van der Waals surface area (Å²) in [5.41, 5.74) is 6.00. The number of ketones is 1. The van der Waals surface area contributed by atoms with E-state index in [9.17, 15) is 14.0 Å². The van der Waals surface area contributed by atoms with Crippen molar-refractivity contribution in [3.8, 4) is 5.75 Å². The van der Waals surface area contributed by atoms with E-state index in [1.165, 1.54) is 30.3 Å². The molecule has 0 atom stereocenters. The van der Waals surface area contributed by atoms with E-state index in [-0.39, 0.29) is 23.0 Å². The monoisotopic (exact) mass is 321 g/mol. The topological polar surface area (TPSA) is 69.4 Å². The van der Waals surface area contributed by atoms with E-state index in [0.29, 0.717) is 16.9 Å². The van der Waals surface area contributed by atoms with Crippen LogP contribution in [-0.2, 0) is 0 Å². The molecule has 1 amide bonds. The van der Waals surface area contributed by atoms with Crippen LogP contribution in [0, 0.1) is 12.7 Å². The second-order valence-corrected chi connectivity index (χ2v) is 5.09. The lowest BCUT2D eigenvalue weighted by molar-refractivity contribution is 0.0920. The predicted molar refractivity (Wildman–Crippen MR) is 80.9 cm³/mol. The molecule has 2 aromatic rings. The number of halogens is 2. The first-order valence-corrected chi connectivity index (χ1v) is 6.78. The van der Waals surface area contributed by atoms with Crippen LogP contribution in [0.15, 0.2) is 36.4 Å². The molecule has 0 radical (unpaired) electrons. The number of nitrogens with two attached hydrogens (primary N) is 1. The third-order valence-electron chi connectivity index (χ3n) is 3.06. The van der Waals surface area contributed by atoms with Gasteiger partial charge in [-0.15, -0.1) is 0 Å². The zero-order chi connectivity index (χ0) is 16.3. The summed E-state index contributed by atoms with van der Waals surface area (Å²) >= 11 is 5.87. The van der Waals surface area contributed by atoms with Crippen LogP contribution in [0.1, 0.15) is 26.3 Å². The van der Waals surface area contributed by atoms with Crippen molar-refractivity contribution >= 4 is 23.3 Å². The Bertz CT molecular complexity index is 729. The average Bonchev–Trinajstić information content (AvgIpc) is 2.49. The number of aryl methyl sites for hydroxylation is 1. The van der Waals surface area contributed by atoms with Gasteiger partial charge in [-0.25, -0.2) is 4.39 Å². The number of carbonyl (C=O) groups excluding carboxylic acids is 2. The van der Waals surface area contributed by atoms with Crippen LogP contribution in [0.5, 0.6) is 5.75 Å². The van der Waals surface area contributed by atoms with E-state index >= 15 is 0 Å². The summed E-state index contributed by atoms with van der Waals surface area (Å²) in [7, 11) is 0. The summed E-state index contributed by atoms with van der Waals surface area (Å²) in [5, 5.41) is 0.0424. The van der Waals surface area contributed by atoms with E-state index in [0.717, 1.165) is 6.07 Å². The van der Waals surface area contributed by atoms with E-state index in [2.05, 4.69) is 0 Å². The maximum absolute atomic E-state index is 13.3. The number of ether oxygens (including phenoxy) is 1. The normalized spacial score (nSPS) is 10.3. The molecule has 0 saturated heterocycles. The van der Waals surface area contributed by atoms with Crippen LogP contribution in [-0.4, -0.2) is 18.3 Å². The molecule has 22 heavy (non-hydrogen) atoms. The van der Waals surface area contributed by atoms with Crippen LogP contribution in [0.25, 0.3) is 0 Å². The third-order valence-corrected chi connectivity index (χ3v) is 3.37. The van der Waals surface area contributed by atoms with Gasteiger partial charge in [-0.3, -0.25) is 9.59 Å². The van der Waals surface area contributed by atoms with Gasteiger partial charge < -0.3 is 10.5 Å². The molecule has 0 aromatic heterocycles. The summed E-state index contributed by atoms with van der Waals surface area (Å²) < 4.78 is 18.6. The first kappa shape index (κ1) is 16.0. The average molecular weight is 322 g/mol. The molecule has 2 rings (SSSR count). The maximum Gasteiger partial charge on any atom is 0.248 e. The lowest BCUT2D eigenvalue weighted by atomic mass is 10.1. The number of rotatable bonds is 5. The van der Waals surface area contributed by atoms with Crippen molar-refractivity contribution in [3.63, 3.8) is 0 Å². The van der Waals surface area contributed by atoms with Crippen LogP contribution in [0.3, 0.4) is 0 Å². The van der Waals surface area contributed by atoms with Gasteiger partial charge in [0.2, 0.25) is 11.7 Å². The molecule has 0 unspecified atom stereocenters. The van der Waals surface area contributed by atoms with Gasteiger partial charge >= 0.3 is 0 Å². The quantitative estimate of drug-likeness (QED) is 0.860. The first-order chi connectivity index (χ1) is 10.4. The molecule has 0 spiro atoms. The molecule has 4 nitrogen and oxygen atoms in total. The van der Waals surface area contributed by atoms with Gasteiger partial charge in [0.1, 0.15) is 11.6 Å². The predicted octanol–water partition coefficient (Wildman–Crippen LogP) is 3.15. The molecule has 0 heterocycles. The summed E-state index contributed by atoms with van der Waals surface area (Å²) in [4.78, 5) is 23.0. The first-order valence-electron chi connectivity index (χ1n) is 6.40. The highest BCUT2D eigenvalue weighted by molar-refractivity contribution is 6.34. The fourth-order valence-corrected chi connectivity index (χ4v) is 2.07. The Kier molecular flexibility index (Phi) is 4.78. The molecule has 0 fully saturated rings. The standard InChI is InChI=1S/C16H13ClFNO3/c1-9-6-12(13(17)7-14(9)18)15(20)8-22-11-4-2-10(3-5-11)16(19)21/h2-7H,8H2,1H3,(H2,19,21). The summed E-state index contributed by atoms with van der Waals surface area (Å²) in [6, 6.07) is 8.55. The van der Waals surface area contributed by atoms with E-state index in [4.69, 9.17) is 22.1 Å². The number of hydrogen-bond acceptors (Lipinski definition) is 3. The lowest BCUT2D eigenvalue weighted by Gasteiger charge is -2.08. The van der Waals surface area contributed by atoms with Gasteiger partial charge in [-0.1, -0.05) is 11.6 Å². The minimum atomic E-state index is -0.545. The lowest BCUT2D eigenvalue weighted by Crippen LogP contribution is -2.13. The van der Waals surface area contributed by atoms with Gasteiger partial charge in [0.25, 0.3) is 0 Å². The van der Waals surface area contributed by atoms with Crippen molar-refractivity contribution in [1.82, 2.24) is 0 Å². The van der Waals surface area contributed by atoms with E-state index in [1.54, 1.807) is 6.92 Å². The Morgan fingerprint density at radius 1 is 1.23 bits per heavy atom. The van der Waals surface area contributed by atoms with Crippen molar-refractivity contribution in [2.24, 2.45) is 5.73 Å². The van der Waals surface area contributed by atoms with Gasteiger partial charge in [-0.05, 0) is 48.9 Å². The number of benzene rings is 2. The number of amides is 1. The van der Waals surface area contributed by atoms with Crippen LogP contribution in [0.4, 0.5) is 4.39 Å². The molecular formula is C16H13ClFNO3. The Hall–Kier alpha value is -2.40. The number of Topliss-reactive ketones (excluding diaryl/α,β-unsaturated/α-hetero) is 1. The van der Waals surface area contributed by atoms with Crippen molar-refractivity contribution in [2.45, 2.75) is 6.92 Å². The van der Waals surface area contributed by atoms with Crippen LogP contribution >= 0.6 is 11.6 Å². The number of primary amides is 1. The van der Waals surface area contributed by atoms with Crippen LogP contribution < -0.4 is 10.5 Å². The Balaban J connectivity index is 2.07. The van der Waals surface area contributed by atoms with E-state index in [1.807, 2.05) is 0 Å². The second kappa shape index (κ2) is 6.58. The van der Waals surface area contributed by atoms with Crippen molar-refractivity contribution in [2.75, 3.05) is 6.61 Å². The highest BCUT2D eigenvalue weighted by atomic mass is 35.5. The summed E-state index contributed by atoms with van der Waals surface area (Å²) in [5.74, 6) is -0.971. The molecule has 114 valence electrons. The fourth-order valence-electron chi connectivity index (χ4n) is 1.81. The second-order valence-electron chi connectivity index (χ2n) is 4.68. The maximum atomic E-state index is 13.3. The highest BCUT2D eigenvalue weighted by Gasteiger charge is 2.14. The molecule has 0 aliphatic heterocycles. The van der Waals surface area contributed by atoms with Gasteiger partial charge in [0, 0.05) is 11.1 Å². The zero-order valence-electron chi connectivity index (χ0n) is 11.7. The highest BCUT2D eigenvalue weighted by Crippen LogP contribution is 2.21. The smallest absolute Gasteiger partial charge is 0.248 e. The molecule has 0 aliphatic rings. The molecule has 6 heteroatoms. The molecule has 2 N–H and O–H groups in total. The van der Waals surface area contributed by atoms with Gasteiger partial charge in [0.15, 0.2) is 6.61 Å². The Morgan fingerprint density at radius 3 is 2.45 bits per heavy atom. The van der Waals surface area contributed by atoms with Crippen molar-refractivity contribution < 1.29 is 18.7 Å². The molecule has 0 aliphatic carbocycles. The minimum Gasteiger partial charge on any atom is -0.485 e. The molecule has 0 saturated carbocycles. The third kappa shape index (κ3) is 3.62. The number of hydrogen-bond donors (Lipinski definition) is 1. The molecular weight excluding hydrogens is 309 g/mol. The van der Waals surface area contributed by atoms with Gasteiger partial charge in [0.05, 0.1) is 5.02 Å². The van der Waals surface area contributed by atoms with Crippen LogP contribution in [0.2, 0.25) is 5.02 Å². The van der Waals surface area contributed by atoms with Crippen molar-refractivity contribution in [1.29, 1.82) is 0 Å². The fraction of sp³-hybridized carbons (Fsp3) is 0.125. The Morgan fingerprint density at radius 2 is 1.86 bits per heavy atom. The van der Waals surface area contributed by atoms with E-state index < -0.39 is 11.7 Å². The SMILES string of the molecule is Cc1cc(C(=O)COc2ccc(C(N)=O)cc2)c(Cl)cc1F. The van der Waals surface area contributed by atoms with Gasteiger partial charge in [-0.2, -0.15) is 0 Å². The summed E-state index contributed by atoms with van der Waals surface area (Å²) in [6.07, 6.45) is 0. The largest absolute Gasteiger partial charge is 0.485 e. The van der Waals surface area contributed by atoms with Crippen molar-refractivity contribution in [3.05, 3.63) is 63.9 Å². The molecule has 2 aromatic carbocycles. The zero-order valence-corrected chi connectivity index (χ0v) is 12.5. The number of carbonyl (C=O) groups is 2.